The second-order valence-corrected chi connectivity index (χ2v) is 7.36. The van der Waals surface area contributed by atoms with Crippen LogP contribution in [0, 0.1) is 0 Å². The molecule has 0 aliphatic carbocycles. The van der Waals surface area contributed by atoms with Gasteiger partial charge in [-0.25, -0.2) is 4.98 Å². The molecular formula is C23H25F3N4O. The quantitative estimate of drug-likeness (QED) is 0.407. The van der Waals surface area contributed by atoms with Gasteiger partial charge in [-0.1, -0.05) is 32.9 Å². The van der Waals surface area contributed by atoms with Crippen LogP contribution in [0.25, 0.3) is 0 Å². The summed E-state index contributed by atoms with van der Waals surface area (Å²) in [4.78, 5) is 7.94. The van der Waals surface area contributed by atoms with E-state index in [9.17, 15) is 13.2 Å². The van der Waals surface area contributed by atoms with Crippen LogP contribution in [0.5, 0.6) is 5.75 Å². The Hall–Kier alpha value is -3.29. The molecule has 0 aliphatic heterocycles. The topological polar surface area (TPSA) is 59.1 Å². The van der Waals surface area contributed by atoms with Gasteiger partial charge in [-0.05, 0) is 54.3 Å². The van der Waals surface area contributed by atoms with Gasteiger partial charge in [0, 0.05) is 17.6 Å². The summed E-state index contributed by atoms with van der Waals surface area (Å²) in [5.74, 6) is 0.704. The Morgan fingerprint density at radius 2 is 1.74 bits per heavy atom. The molecule has 8 heteroatoms. The van der Waals surface area contributed by atoms with E-state index < -0.39 is 11.7 Å². The monoisotopic (exact) mass is 430 g/mol. The molecule has 0 radical (unpaired) electrons. The average Bonchev–Trinajstić information content (AvgIpc) is 2.73. The van der Waals surface area contributed by atoms with Crippen LogP contribution < -0.4 is 15.4 Å². The van der Waals surface area contributed by atoms with Gasteiger partial charge in [0.1, 0.15) is 17.1 Å². The summed E-state index contributed by atoms with van der Waals surface area (Å²) in [5, 5.41) is 5.74. The van der Waals surface area contributed by atoms with E-state index in [4.69, 9.17) is 4.74 Å². The standard InChI is InChI=1S/C23H25F3N4O/c1-4-12-31-19-10-8-17(9-11-19)29-22-27-14-20(23(24,25)26)21(30-22)28-18-7-5-6-16(13-18)15(2)3/h5-11,13-15H,4,12H2,1-3H3,(H2,27,28,29,30). The maximum atomic E-state index is 13.5. The first-order chi connectivity index (χ1) is 14.8. The Balaban J connectivity index is 1.86. The molecule has 2 aromatic carbocycles. The summed E-state index contributed by atoms with van der Waals surface area (Å²) in [7, 11) is 0. The first-order valence-corrected chi connectivity index (χ1v) is 10.1. The van der Waals surface area contributed by atoms with Gasteiger partial charge in [0.2, 0.25) is 5.95 Å². The predicted octanol–water partition coefficient (Wildman–Crippen LogP) is 6.89. The van der Waals surface area contributed by atoms with E-state index >= 15 is 0 Å². The first-order valence-electron chi connectivity index (χ1n) is 10.1. The predicted molar refractivity (Wildman–Crippen MR) is 116 cm³/mol. The van der Waals surface area contributed by atoms with Crippen LogP contribution in [-0.2, 0) is 6.18 Å². The molecule has 0 saturated carbocycles. The van der Waals surface area contributed by atoms with Crippen molar-refractivity contribution >= 4 is 23.1 Å². The summed E-state index contributed by atoms with van der Waals surface area (Å²) in [6.07, 6.45) is -2.91. The third-order valence-corrected chi connectivity index (χ3v) is 4.49. The molecular weight excluding hydrogens is 405 g/mol. The molecule has 3 rings (SSSR count). The molecule has 0 spiro atoms. The number of hydrogen-bond acceptors (Lipinski definition) is 5. The van der Waals surface area contributed by atoms with E-state index in [2.05, 4.69) is 20.6 Å². The molecule has 3 aromatic rings. The highest BCUT2D eigenvalue weighted by atomic mass is 19.4. The number of benzene rings is 2. The van der Waals surface area contributed by atoms with Crippen molar-refractivity contribution in [1.29, 1.82) is 0 Å². The van der Waals surface area contributed by atoms with Gasteiger partial charge in [-0.2, -0.15) is 18.2 Å². The zero-order chi connectivity index (χ0) is 22.4. The molecule has 0 aliphatic rings. The molecule has 0 atom stereocenters. The van der Waals surface area contributed by atoms with Crippen LogP contribution in [0.1, 0.15) is 44.2 Å². The van der Waals surface area contributed by atoms with Crippen LogP contribution >= 0.6 is 0 Å². The molecule has 0 bridgehead atoms. The number of anilines is 4. The molecule has 5 nitrogen and oxygen atoms in total. The van der Waals surface area contributed by atoms with Crippen molar-refractivity contribution in [3.63, 3.8) is 0 Å². The molecule has 1 heterocycles. The summed E-state index contributed by atoms with van der Waals surface area (Å²) < 4.78 is 46.1. The fraction of sp³-hybridized carbons (Fsp3) is 0.304. The van der Waals surface area contributed by atoms with Gasteiger partial charge in [-0.15, -0.1) is 0 Å². The molecule has 0 saturated heterocycles. The van der Waals surface area contributed by atoms with Crippen molar-refractivity contribution in [2.75, 3.05) is 17.2 Å². The summed E-state index contributed by atoms with van der Waals surface area (Å²) >= 11 is 0. The maximum absolute atomic E-state index is 13.5. The van der Waals surface area contributed by atoms with Crippen LogP contribution in [0.2, 0.25) is 0 Å². The fourth-order valence-electron chi connectivity index (χ4n) is 2.84. The number of rotatable bonds is 8. The lowest BCUT2D eigenvalue weighted by Gasteiger charge is -2.16. The van der Waals surface area contributed by atoms with Crippen molar-refractivity contribution in [1.82, 2.24) is 9.97 Å². The smallest absolute Gasteiger partial charge is 0.421 e. The summed E-state index contributed by atoms with van der Waals surface area (Å²) in [6, 6.07) is 14.3. The fourth-order valence-corrected chi connectivity index (χ4v) is 2.84. The highest BCUT2D eigenvalue weighted by Gasteiger charge is 2.35. The Kier molecular flexibility index (Phi) is 6.99. The van der Waals surface area contributed by atoms with Crippen molar-refractivity contribution in [2.45, 2.75) is 39.3 Å². The van der Waals surface area contributed by atoms with Gasteiger partial charge >= 0.3 is 6.18 Å². The SMILES string of the molecule is CCCOc1ccc(Nc2ncc(C(F)(F)F)c(Nc3cccc(C(C)C)c3)n2)cc1. The lowest BCUT2D eigenvalue weighted by Crippen LogP contribution is -2.12. The number of alkyl halides is 3. The molecule has 0 unspecified atom stereocenters. The first kappa shape index (κ1) is 22.4. The maximum Gasteiger partial charge on any atom is 0.421 e. The molecule has 0 fully saturated rings. The highest BCUT2D eigenvalue weighted by Crippen LogP contribution is 2.35. The van der Waals surface area contributed by atoms with Crippen molar-refractivity contribution in [2.24, 2.45) is 0 Å². The lowest BCUT2D eigenvalue weighted by molar-refractivity contribution is -0.137. The zero-order valence-electron chi connectivity index (χ0n) is 17.6. The minimum Gasteiger partial charge on any atom is -0.494 e. The normalized spacial score (nSPS) is 11.5. The average molecular weight is 430 g/mol. The van der Waals surface area contributed by atoms with Crippen LogP contribution in [0.3, 0.4) is 0 Å². The van der Waals surface area contributed by atoms with E-state index in [1.54, 1.807) is 36.4 Å². The van der Waals surface area contributed by atoms with Crippen molar-refractivity contribution < 1.29 is 17.9 Å². The van der Waals surface area contributed by atoms with Crippen LogP contribution in [-0.4, -0.2) is 16.6 Å². The van der Waals surface area contributed by atoms with E-state index in [-0.39, 0.29) is 17.7 Å². The van der Waals surface area contributed by atoms with Gasteiger partial charge in [0.05, 0.1) is 6.61 Å². The second kappa shape index (κ2) is 9.68. The number of halogens is 3. The lowest BCUT2D eigenvalue weighted by atomic mass is 10.0. The van der Waals surface area contributed by atoms with Gasteiger partial charge in [-0.3, -0.25) is 0 Å². The number of nitrogens with one attached hydrogen (secondary N) is 2. The molecule has 164 valence electrons. The van der Waals surface area contributed by atoms with E-state index in [1.807, 2.05) is 32.9 Å². The summed E-state index contributed by atoms with van der Waals surface area (Å²) in [6.45, 7) is 6.67. The number of hydrogen-bond donors (Lipinski definition) is 2. The molecule has 31 heavy (non-hydrogen) atoms. The largest absolute Gasteiger partial charge is 0.494 e. The Morgan fingerprint density at radius 1 is 1.00 bits per heavy atom. The number of nitrogens with zero attached hydrogens (tertiary/aromatic N) is 2. The molecule has 2 N–H and O–H groups in total. The Morgan fingerprint density at radius 3 is 2.39 bits per heavy atom. The highest BCUT2D eigenvalue weighted by molar-refractivity contribution is 5.63. The van der Waals surface area contributed by atoms with Gasteiger partial charge in [0.25, 0.3) is 0 Å². The number of ether oxygens (including phenoxy) is 1. The van der Waals surface area contributed by atoms with Crippen molar-refractivity contribution in [3.05, 3.63) is 65.9 Å². The molecule has 0 amide bonds. The van der Waals surface area contributed by atoms with Gasteiger partial charge < -0.3 is 15.4 Å². The minimum atomic E-state index is -4.59. The zero-order valence-corrected chi connectivity index (χ0v) is 17.6. The van der Waals surface area contributed by atoms with Crippen LogP contribution in [0.4, 0.5) is 36.3 Å². The minimum absolute atomic E-state index is 0.0535. The Labute approximate surface area is 179 Å². The van der Waals surface area contributed by atoms with Crippen LogP contribution in [0.15, 0.2) is 54.7 Å². The second-order valence-electron chi connectivity index (χ2n) is 7.36. The third-order valence-electron chi connectivity index (χ3n) is 4.49. The van der Waals surface area contributed by atoms with Crippen molar-refractivity contribution in [3.8, 4) is 5.75 Å². The number of aromatic nitrogens is 2. The Bertz CT molecular complexity index is 1000. The van der Waals surface area contributed by atoms with E-state index in [0.29, 0.717) is 23.7 Å². The van der Waals surface area contributed by atoms with E-state index in [0.717, 1.165) is 18.2 Å². The summed E-state index contributed by atoms with van der Waals surface area (Å²) in [5.41, 5.74) is 1.24. The van der Waals surface area contributed by atoms with E-state index in [1.165, 1.54) is 0 Å². The third kappa shape index (κ3) is 6.10. The van der Waals surface area contributed by atoms with Gasteiger partial charge in [0.15, 0.2) is 0 Å². The molecule has 1 aromatic heterocycles.